The Morgan fingerprint density at radius 1 is 1.25 bits per heavy atom. The Hall–Kier alpha value is -0.120. The second-order valence-electron chi connectivity index (χ2n) is 5.96. The number of nitrogens with two attached hydrogens (primary N) is 1. The molecule has 0 aromatic carbocycles. The van der Waals surface area contributed by atoms with E-state index in [0.717, 1.165) is 25.4 Å². The third-order valence-corrected chi connectivity index (χ3v) is 4.41. The van der Waals surface area contributed by atoms with Crippen molar-refractivity contribution in [1.82, 2.24) is 0 Å². The van der Waals surface area contributed by atoms with Crippen molar-refractivity contribution < 1.29 is 9.47 Å². The molecule has 3 rings (SSSR count). The summed E-state index contributed by atoms with van der Waals surface area (Å²) in [4.78, 5) is 0. The van der Waals surface area contributed by atoms with Crippen LogP contribution in [0.4, 0.5) is 0 Å². The van der Waals surface area contributed by atoms with Gasteiger partial charge in [0.05, 0.1) is 18.3 Å². The van der Waals surface area contributed by atoms with Gasteiger partial charge in [0.2, 0.25) is 0 Å². The molecule has 3 nitrogen and oxygen atoms in total. The van der Waals surface area contributed by atoms with Gasteiger partial charge in [0.25, 0.3) is 0 Å². The third kappa shape index (κ3) is 2.01. The summed E-state index contributed by atoms with van der Waals surface area (Å²) in [5, 5.41) is 0. The minimum atomic E-state index is -0.101. The quantitative estimate of drug-likeness (QED) is 0.797. The van der Waals surface area contributed by atoms with Crippen LogP contribution in [-0.2, 0) is 9.47 Å². The lowest BCUT2D eigenvalue weighted by atomic mass is 9.83. The van der Waals surface area contributed by atoms with Crippen molar-refractivity contribution >= 4 is 0 Å². The fourth-order valence-electron chi connectivity index (χ4n) is 3.37. The average Bonchev–Trinajstić information content (AvgIpc) is 2.89. The summed E-state index contributed by atoms with van der Waals surface area (Å²) >= 11 is 0. The number of rotatable bonds is 3. The van der Waals surface area contributed by atoms with E-state index in [1.165, 1.54) is 25.7 Å². The van der Waals surface area contributed by atoms with Gasteiger partial charge in [-0.15, -0.1) is 0 Å². The summed E-state index contributed by atoms with van der Waals surface area (Å²) in [6.07, 6.45) is 8.12. The Morgan fingerprint density at radius 2 is 2.06 bits per heavy atom. The van der Waals surface area contributed by atoms with Gasteiger partial charge in [0.15, 0.2) is 0 Å². The van der Waals surface area contributed by atoms with Crippen LogP contribution in [0.1, 0.15) is 45.4 Å². The second kappa shape index (κ2) is 3.97. The molecule has 0 aromatic rings. The van der Waals surface area contributed by atoms with E-state index in [9.17, 15) is 0 Å². The lowest BCUT2D eigenvalue weighted by molar-refractivity contribution is 0.0109. The van der Waals surface area contributed by atoms with Gasteiger partial charge < -0.3 is 15.2 Å². The normalized spacial score (nSPS) is 48.8. The van der Waals surface area contributed by atoms with Crippen LogP contribution in [0.2, 0.25) is 0 Å². The number of ether oxygens (including phenoxy) is 2. The van der Waals surface area contributed by atoms with Crippen molar-refractivity contribution in [3.63, 3.8) is 0 Å². The standard InChI is InChI=1S/C13H23NO2/c1-9-2-5-11(16-9)8-13(14)6-7-15-12(13)10-3-4-10/h9-12H,2-8,14H2,1H3. The van der Waals surface area contributed by atoms with E-state index in [4.69, 9.17) is 15.2 Å². The van der Waals surface area contributed by atoms with Crippen LogP contribution in [0, 0.1) is 5.92 Å². The highest BCUT2D eigenvalue weighted by Gasteiger charge is 2.50. The molecule has 0 spiro atoms. The van der Waals surface area contributed by atoms with Gasteiger partial charge in [-0.05, 0) is 51.4 Å². The van der Waals surface area contributed by atoms with Crippen LogP contribution >= 0.6 is 0 Å². The van der Waals surface area contributed by atoms with Crippen LogP contribution in [-0.4, -0.2) is 30.5 Å². The minimum Gasteiger partial charge on any atom is -0.376 e. The summed E-state index contributed by atoms with van der Waals surface area (Å²) in [6, 6.07) is 0. The molecule has 1 aliphatic carbocycles. The van der Waals surface area contributed by atoms with E-state index in [2.05, 4.69) is 6.92 Å². The van der Waals surface area contributed by atoms with E-state index in [-0.39, 0.29) is 5.54 Å². The molecule has 2 saturated heterocycles. The third-order valence-electron chi connectivity index (χ3n) is 4.41. The Bertz CT molecular complexity index is 267. The molecule has 0 bridgehead atoms. The molecule has 3 aliphatic rings. The van der Waals surface area contributed by atoms with Crippen molar-refractivity contribution in [3.05, 3.63) is 0 Å². The summed E-state index contributed by atoms with van der Waals surface area (Å²) < 4.78 is 11.8. The highest BCUT2D eigenvalue weighted by atomic mass is 16.5. The first-order valence-corrected chi connectivity index (χ1v) is 6.73. The highest BCUT2D eigenvalue weighted by molar-refractivity contribution is 5.04. The lowest BCUT2D eigenvalue weighted by Crippen LogP contribution is -2.50. The molecular formula is C13H23NO2. The maximum atomic E-state index is 6.56. The van der Waals surface area contributed by atoms with Gasteiger partial charge >= 0.3 is 0 Å². The van der Waals surface area contributed by atoms with Crippen molar-refractivity contribution in [2.75, 3.05) is 6.61 Å². The molecule has 0 amide bonds. The van der Waals surface area contributed by atoms with Crippen LogP contribution in [0.5, 0.6) is 0 Å². The minimum absolute atomic E-state index is 0.101. The van der Waals surface area contributed by atoms with Crippen molar-refractivity contribution in [1.29, 1.82) is 0 Å². The fourth-order valence-corrected chi connectivity index (χ4v) is 3.37. The molecule has 1 saturated carbocycles. The lowest BCUT2D eigenvalue weighted by Gasteiger charge is -2.32. The Balaban J connectivity index is 1.63. The topological polar surface area (TPSA) is 44.5 Å². The largest absolute Gasteiger partial charge is 0.376 e. The Kier molecular flexibility index (Phi) is 2.73. The van der Waals surface area contributed by atoms with Gasteiger partial charge in [0, 0.05) is 12.1 Å². The number of hydrogen-bond acceptors (Lipinski definition) is 3. The van der Waals surface area contributed by atoms with E-state index in [0.29, 0.717) is 18.3 Å². The molecule has 2 aliphatic heterocycles. The molecule has 16 heavy (non-hydrogen) atoms. The van der Waals surface area contributed by atoms with Crippen molar-refractivity contribution in [3.8, 4) is 0 Å². The van der Waals surface area contributed by atoms with Gasteiger partial charge in [-0.25, -0.2) is 0 Å². The van der Waals surface area contributed by atoms with E-state index >= 15 is 0 Å². The van der Waals surface area contributed by atoms with Gasteiger partial charge in [0.1, 0.15) is 0 Å². The van der Waals surface area contributed by atoms with Crippen LogP contribution in [0.15, 0.2) is 0 Å². The van der Waals surface area contributed by atoms with E-state index in [1.807, 2.05) is 0 Å². The fraction of sp³-hybridized carbons (Fsp3) is 1.00. The summed E-state index contributed by atoms with van der Waals surface area (Å²) in [5.74, 6) is 0.742. The van der Waals surface area contributed by atoms with Crippen molar-refractivity contribution in [2.45, 2.75) is 69.3 Å². The zero-order chi connectivity index (χ0) is 11.2. The first-order valence-electron chi connectivity index (χ1n) is 6.73. The van der Waals surface area contributed by atoms with Gasteiger partial charge in [-0.2, -0.15) is 0 Å². The summed E-state index contributed by atoms with van der Waals surface area (Å²) in [5.41, 5.74) is 6.46. The first-order chi connectivity index (χ1) is 7.67. The van der Waals surface area contributed by atoms with Gasteiger partial charge in [-0.3, -0.25) is 0 Å². The van der Waals surface area contributed by atoms with Crippen LogP contribution in [0.25, 0.3) is 0 Å². The molecule has 92 valence electrons. The molecule has 0 aromatic heterocycles. The van der Waals surface area contributed by atoms with Crippen LogP contribution in [0.3, 0.4) is 0 Å². The zero-order valence-corrected chi connectivity index (χ0v) is 10.2. The molecule has 2 N–H and O–H groups in total. The highest BCUT2D eigenvalue weighted by Crippen LogP contribution is 2.44. The molecule has 4 unspecified atom stereocenters. The molecule has 0 radical (unpaired) electrons. The SMILES string of the molecule is CC1CCC(CC2(N)CCOC2C2CC2)O1. The Morgan fingerprint density at radius 3 is 2.69 bits per heavy atom. The second-order valence-corrected chi connectivity index (χ2v) is 5.96. The molecule has 3 heteroatoms. The van der Waals surface area contributed by atoms with Crippen molar-refractivity contribution in [2.24, 2.45) is 11.7 Å². The summed E-state index contributed by atoms with van der Waals surface area (Å²) in [7, 11) is 0. The molecule has 3 fully saturated rings. The summed E-state index contributed by atoms with van der Waals surface area (Å²) in [6.45, 7) is 3.01. The molecule has 4 atom stereocenters. The smallest absolute Gasteiger partial charge is 0.0784 e. The predicted octanol–water partition coefficient (Wildman–Crippen LogP) is 1.84. The van der Waals surface area contributed by atoms with E-state index < -0.39 is 0 Å². The predicted molar refractivity (Wildman–Crippen MR) is 62.2 cm³/mol. The van der Waals surface area contributed by atoms with Gasteiger partial charge in [-0.1, -0.05) is 0 Å². The maximum Gasteiger partial charge on any atom is 0.0784 e. The molecular weight excluding hydrogens is 202 g/mol. The average molecular weight is 225 g/mol. The number of hydrogen-bond donors (Lipinski definition) is 1. The van der Waals surface area contributed by atoms with Crippen LogP contribution < -0.4 is 5.73 Å². The Labute approximate surface area is 97.7 Å². The maximum absolute atomic E-state index is 6.56. The zero-order valence-electron chi connectivity index (χ0n) is 10.2. The van der Waals surface area contributed by atoms with E-state index in [1.54, 1.807) is 0 Å². The monoisotopic (exact) mass is 225 g/mol. The first kappa shape index (κ1) is 11.0. The molecule has 2 heterocycles.